The van der Waals surface area contributed by atoms with Crippen LogP contribution in [0, 0.1) is 0 Å². The van der Waals surface area contributed by atoms with Crippen LogP contribution in [0.3, 0.4) is 0 Å². The first-order valence-corrected chi connectivity index (χ1v) is 10.0. The van der Waals surface area contributed by atoms with Gasteiger partial charge in [0, 0.05) is 12.4 Å². The maximum absolute atomic E-state index is 13.3. The lowest BCUT2D eigenvalue weighted by Gasteiger charge is -2.20. The largest absolute Gasteiger partial charge is 0.454 e. The van der Waals surface area contributed by atoms with Crippen molar-refractivity contribution in [1.29, 1.82) is 0 Å². The monoisotopic (exact) mass is 403 g/mol. The molecular weight excluding hydrogens is 386 g/mol. The minimum absolute atomic E-state index is 0.0354. The van der Waals surface area contributed by atoms with Crippen LogP contribution in [0.25, 0.3) is 10.2 Å². The molecule has 0 spiro atoms. The summed E-state index contributed by atoms with van der Waals surface area (Å²) in [6.45, 7) is 0.628. The average Bonchev–Trinajstić information content (AvgIpc) is 3.39. The molecule has 1 amide bonds. The number of fused-ring (bicyclic) bond motifs is 2. The van der Waals surface area contributed by atoms with Crippen molar-refractivity contribution in [1.82, 2.24) is 9.97 Å². The fourth-order valence-electron chi connectivity index (χ4n) is 3.23. The van der Waals surface area contributed by atoms with Crippen LogP contribution in [-0.4, -0.2) is 22.7 Å². The Morgan fingerprint density at radius 2 is 1.93 bits per heavy atom. The zero-order valence-corrected chi connectivity index (χ0v) is 16.3. The van der Waals surface area contributed by atoms with E-state index in [2.05, 4.69) is 9.97 Å². The van der Waals surface area contributed by atoms with Crippen molar-refractivity contribution in [3.05, 3.63) is 78.1 Å². The van der Waals surface area contributed by atoms with Crippen LogP contribution in [0.1, 0.15) is 11.1 Å². The van der Waals surface area contributed by atoms with Crippen LogP contribution in [0.2, 0.25) is 0 Å². The predicted octanol–water partition coefficient (Wildman–Crippen LogP) is 4.20. The van der Waals surface area contributed by atoms with Crippen molar-refractivity contribution in [2.45, 2.75) is 13.0 Å². The van der Waals surface area contributed by atoms with E-state index in [1.165, 1.54) is 11.3 Å². The average molecular weight is 403 g/mol. The van der Waals surface area contributed by atoms with Gasteiger partial charge in [-0.2, -0.15) is 0 Å². The molecule has 144 valence electrons. The minimum Gasteiger partial charge on any atom is -0.454 e. The van der Waals surface area contributed by atoms with Crippen LogP contribution < -0.4 is 14.4 Å². The third-order valence-corrected chi connectivity index (χ3v) is 5.73. The summed E-state index contributed by atoms with van der Waals surface area (Å²) in [5, 5.41) is 0.681. The van der Waals surface area contributed by atoms with E-state index >= 15 is 0 Å². The molecule has 0 fully saturated rings. The van der Waals surface area contributed by atoms with Crippen molar-refractivity contribution in [2.24, 2.45) is 0 Å². The number of hydrogen-bond donors (Lipinski definition) is 0. The number of carbonyl (C=O) groups is 1. The fourth-order valence-corrected chi connectivity index (χ4v) is 4.22. The Morgan fingerprint density at radius 1 is 1.03 bits per heavy atom. The second-order valence-corrected chi connectivity index (χ2v) is 7.68. The molecule has 1 aliphatic rings. The lowest BCUT2D eigenvalue weighted by atomic mass is 10.1. The van der Waals surface area contributed by atoms with Crippen LogP contribution in [-0.2, 0) is 17.8 Å². The summed E-state index contributed by atoms with van der Waals surface area (Å²) in [4.78, 5) is 23.9. The summed E-state index contributed by atoms with van der Waals surface area (Å²) in [6.07, 6.45) is 3.74. The van der Waals surface area contributed by atoms with Gasteiger partial charge in [-0.3, -0.25) is 14.7 Å². The number of aromatic nitrogens is 2. The maximum Gasteiger partial charge on any atom is 0.233 e. The number of para-hydroxylation sites is 1. The number of pyridine rings is 1. The Hall–Kier alpha value is -3.45. The maximum atomic E-state index is 13.3. The molecule has 1 aliphatic heterocycles. The van der Waals surface area contributed by atoms with Crippen LogP contribution in [0.5, 0.6) is 11.5 Å². The van der Waals surface area contributed by atoms with Crippen molar-refractivity contribution in [2.75, 3.05) is 11.7 Å². The Kier molecular flexibility index (Phi) is 4.57. The molecule has 7 heteroatoms. The van der Waals surface area contributed by atoms with Gasteiger partial charge in [-0.1, -0.05) is 35.6 Å². The molecule has 0 saturated carbocycles. The standard InChI is InChI=1S/C22H17N3O3S/c26-21(11-15-7-8-18-19(10-15)28-14-27-18)25(13-16-4-3-9-23-12-16)22-24-17-5-1-2-6-20(17)29-22/h1-10,12H,11,13-14H2. The van der Waals surface area contributed by atoms with Gasteiger partial charge in [-0.05, 0) is 41.5 Å². The van der Waals surface area contributed by atoms with Gasteiger partial charge < -0.3 is 9.47 Å². The zero-order chi connectivity index (χ0) is 19.6. The van der Waals surface area contributed by atoms with Crippen LogP contribution >= 0.6 is 11.3 Å². The number of amides is 1. The first-order chi connectivity index (χ1) is 14.3. The smallest absolute Gasteiger partial charge is 0.233 e. The number of carbonyl (C=O) groups excluding carboxylic acids is 1. The molecule has 0 bridgehead atoms. The van der Waals surface area contributed by atoms with E-state index < -0.39 is 0 Å². The lowest BCUT2D eigenvalue weighted by Crippen LogP contribution is -2.31. The first-order valence-electron chi connectivity index (χ1n) is 9.20. The third-order valence-electron chi connectivity index (χ3n) is 4.67. The van der Waals surface area contributed by atoms with E-state index in [9.17, 15) is 4.79 Å². The van der Waals surface area contributed by atoms with E-state index in [0.717, 1.165) is 21.3 Å². The highest BCUT2D eigenvalue weighted by atomic mass is 32.1. The number of rotatable bonds is 5. The highest BCUT2D eigenvalue weighted by molar-refractivity contribution is 7.22. The molecular formula is C22H17N3O3S. The van der Waals surface area contributed by atoms with E-state index in [-0.39, 0.29) is 19.1 Å². The first kappa shape index (κ1) is 17.6. The number of hydrogen-bond acceptors (Lipinski definition) is 6. The van der Waals surface area contributed by atoms with Crippen molar-refractivity contribution in [3.63, 3.8) is 0 Å². The van der Waals surface area contributed by atoms with E-state index in [1.54, 1.807) is 17.3 Å². The van der Waals surface area contributed by atoms with Gasteiger partial charge in [0.15, 0.2) is 16.6 Å². The van der Waals surface area contributed by atoms with E-state index in [0.29, 0.717) is 23.2 Å². The summed E-state index contributed by atoms with van der Waals surface area (Å²) in [6, 6.07) is 17.3. The third kappa shape index (κ3) is 3.64. The number of benzene rings is 2. The zero-order valence-electron chi connectivity index (χ0n) is 15.4. The quantitative estimate of drug-likeness (QED) is 0.500. The number of ether oxygens (including phenoxy) is 2. The molecule has 0 unspecified atom stereocenters. The second-order valence-electron chi connectivity index (χ2n) is 6.67. The number of nitrogens with zero attached hydrogens (tertiary/aromatic N) is 3. The summed E-state index contributed by atoms with van der Waals surface area (Å²) < 4.78 is 11.8. The van der Waals surface area contributed by atoms with Gasteiger partial charge in [0.1, 0.15) is 0 Å². The fraction of sp³-hybridized carbons (Fsp3) is 0.136. The number of anilines is 1. The van der Waals surface area contributed by atoms with Crippen molar-refractivity contribution >= 4 is 32.6 Å². The molecule has 0 radical (unpaired) electrons. The van der Waals surface area contributed by atoms with Crippen LogP contribution in [0.4, 0.5) is 5.13 Å². The molecule has 0 saturated heterocycles. The molecule has 29 heavy (non-hydrogen) atoms. The topological polar surface area (TPSA) is 64.6 Å². The summed E-state index contributed by atoms with van der Waals surface area (Å²) in [5.41, 5.74) is 2.71. The van der Waals surface area contributed by atoms with Crippen LogP contribution in [0.15, 0.2) is 67.0 Å². The van der Waals surface area contributed by atoms with E-state index in [1.807, 2.05) is 54.6 Å². The molecule has 0 aliphatic carbocycles. The Labute approximate surface area is 171 Å². The van der Waals surface area contributed by atoms with Gasteiger partial charge in [0.05, 0.1) is 23.2 Å². The molecule has 0 atom stereocenters. The Morgan fingerprint density at radius 3 is 2.79 bits per heavy atom. The second kappa shape index (κ2) is 7.52. The van der Waals surface area contributed by atoms with Crippen molar-refractivity contribution < 1.29 is 14.3 Å². The SMILES string of the molecule is O=C(Cc1ccc2c(c1)OCO2)N(Cc1cccnc1)c1nc2ccccc2s1. The van der Waals surface area contributed by atoms with Gasteiger partial charge in [-0.15, -0.1) is 0 Å². The lowest BCUT2D eigenvalue weighted by molar-refractivity contribution is -0.118. The molecule has 3 heterocycles. The Bertz CT molecular complexity index is 1140. The molecule has 2 aromatic carbocycles. The van der Waals surface area contributed by atoms with Gasteiger partial charge in [0.25, 0.3) is 0 Å². The Balaban J connectivity index is 1.46. The molecule has 2 aromatic heterocycles. The number of thiazole rings is 1. The van der Waals surface area contributed by atoms with Gasteiger partial charge in [0.2, 0.25) is 12.7 Å². The van der Waals surface area contributed by atoms with E-state index in [4.69, 9.17) is 9.47 Å². The molecule has 4 aromatic rings. The molecule has 5 rings (SSSR count). The summed E-state index contributed by atoms with van der Waals surface area (Å²) in [7, 11) is 0. The normalized spacial score (nSPS) is 12.3. The minimum atomic E-state index is -0.0354. The summed E-state index contributed by atoms with van der Waals surface area (Å²) >= 11 is 1.51. The summed E-state index contributed by atoms with van der Waals surface area (Å²) in [5.74, 6) is 1.35. The van der Waals surface area contributed by atoms with Crippen molar-refractivity contribution in [3.8, 4) is 11.5 Å². The highest BCUT2D eigenvalue weighted by Gasteiger charge is 2.22. The van der Waals surface area contributed by atoms with Gasteiger partial charge >= 0.3 is 0 Å². The highest BCUT2D eigenvalue weighted by Crippen LogP contribution is 2.34. The molecule has 0 N–H and O–H groups in total. The predicted molar refractivity (Wildman–Crippen MR) is 111 cm³/mol. The van der Waals surface area contributed by atoms with Gasteiger partial charge in [-0.25, -0.2) is 4.98 Å². The molecule has 6 nitrogen and oxygen atoms in total.